The van der Waals surface area contributed by atoms with Crippen LogP contribution in [0.1, 0.15) is 6.92 Å². The lowest BCUT2D eigenvalue weighted by molar-refractivity contribution is 0.0498. The van der Waals surface area contributed by atoms with E-state index < -0.39 is 26.4 Å². The van der Waals surface area contributed by atoms with Gasteiger partial charge in [-0.25, -0.2) is 0 Å². The number of hydrogen-bond donors (Lipinski definition) is 0. The Kier molecular flexibility index (Phi) is 7.45. The SMILES string of the molecule is COC=C(C)O[SiH2]C(O[Si](C)(C)C)O[Si](C)(C)C. The summed E-state index contributed by atoms with van der Waals surface area (Å²) in [4.78, 5) is 0. The summed E-state index contributed by atoms with van der Waals surface area (Å²) in [7, 11) is -2.53. The maximum atomic E-state index is 6.06. The molecule has 0 aliphatic carbocycles. The highest BCUT2D eigenvalue weighted by atomic mass is 28.4. The van der Waals surface area contributed by atoms with E-state index in [1.54, 1.807) is 13.4 Å². The Morgan fingerprint density at radius 1 is 1.00 bits per heavy atom. The summed E-state index contributed by atoms with van der Waals surface area (Å²) >= 11 is 0. The lowest BCUT2D eigenvalue weighted by Crippen LogP contribution is -2.43. The fourth-order valence-corrected chi connectivity index (χ4v) is 7.06. The van der Waals surface area contributed by atoms with Gasteiger partial charge in [0, 0.05) is 0 Å². The zero-order valence-corrected chi connectivity index (χ0v) is 16.4. The highest BCUT2D eigenvalue weighted by Crippen LogP contribution is 2.14. The van der Waals surface area contributed by atoms with E-state index in [4.69, 9.17) is 18.0 Å². The topological polar surface area (TPSA) is 36.9 Å². The summed E-state index contributed by atoms with van der Waals surface area (Å²) < 4.78 is 22.7. The quantitative estimate of drug-likeness (QED) is 0.392. The Balaban J connectivity index is 4.44. The molecular weight excluding hydrogens is 280 g/mol. The molecule has 0 aromatic heterocycles. The number of allylic oxidation sites excluding steroid dienone is 1. The predicted molar refractivity (Wildman–Crippen MR) is 83.0 cm³/mol. The van der Waals surface area contributed by atoms with Gasteiger partial charge in [0.25, 0.3) is 9.76 Å². The molecule has 0 aliphatic rings. The fraction of sp³-hybridized carbons (Fsp3) is 0.818. The summed E-state index contributed by atoms with van der Waals surface area (Å²) in [6, 6.07) is 0. The third-order valence-corrected chi connectivity index (χ3v) is 5.54. The molecule has 4 nitrogen and oxygen atoms in total. The minimum atomic E-state index is -1.61. The van der Waals surface area contributed by atoms with E-state index in [-0.39, 0.29) is 5.91 Å². The van der Waals surface area contributed by atoms with E-state index in [1.165, 1.54) is 0 Å². The average Bonchev–Trinajstić information content (AvgIpc) is 2.09. The Morgan fingerprint density at radius 3 is 1.78 bits per heavy atom. The van der Waals surface area contributed by atoms with Crippen molar-refractivity contribution in [2.24, 2.45) is 0 Å². The van der Waals surface area contributed by atoms with Crippen LogP contribution in [0.25, 0.3) is 0 Å². The van der Waals surface area contributed by atoms with E-state index in [9.17, 15) is 0 Å². The van der Waals surface area contributed by atoms with Crippen molar-refractivity contribution in [3.8, 4) is 0 Å². The molecular formula is C11H28O4Si3. The van der Waals surface area contributed by atoms with Crippen LogP contribution >= 0.6 is 0 Å². The molecule has 0 radical (unpaired) electrons. The molecule has 0 rings (SSSR count). The summed E-state index contributed by atoms with van der Waals surface area (Å²) in [6.45, 7) is 14.9. The van der Waals surface area contributed by atoms with Gasteiger partial charge in [-0.1, -0.05) is 0 Å². The minimum absolute atomic E-state index is 0.150. The van der Waals surface area contributed by atoms with E-state index in [2.05, 4.69) is 39.3 Å². The van der Waals surface area contributed by atoms with Crippen LogP contribution in [0.3, 0.4) is 0 Å². The van der Waals surface area contributed by atoms with Gasteiger partial charge in [0.1, 0.15) is 12.0 Å². The monoisotopic (exact) mass is 308 g/mol. The molecule has 7 heteroatoms. The van der Waals surface area contributed by atoms with Gasteiger partial charge in [-0.2, -0.15) is 0 Å². The fourth-order valence-electron chi connectivity index (χ4n) is 1.28. The third-order valence-electron chi connectivity index (χ3n) is 1.70. The van der Waals surface area contributed by atoms with E-state index in [0.29, 0.717) is 0 Å². The normalized spacial score (nSPS) is 14.6. The van der Waals surface area contributed by atoms with Crippen LogP contribution in [0.4, 0.5) is 0 Å². The molecule has 0 saturated heterocycles. The number of hydrogen-bond acceptors (Lipinski definition) is 4. The lowest BCUT2D eigenvalue weighted by Gasteiger charge is -2.31. The highest BCUT2D eigenvalue weighted by molar-refractivity contribution is 6.71. The molecule has 0 aliphatic heterocycles. The maximum Gasteiger partial charge on any atom is 0.276 e. The predicted octanol–water partition coefficient (Wildman–Crippen LogP) is 2.58. The largest absolute Gasteiger partial charge is 0.545 e. The molecule has 0 N–H and O–H groups in total. The second-order valence-electron chi connectivity index (χ2n) is 6.17. The highest BCUT2D eigenvalue weighted by Gasteiger charge is 2.27. The number of methoxy groups -OCH3 is 1. The molecule has 108 valence electrons. The summed E-state index contributed by atoms with van der Waals surface area (Å²) in [5.74, 6) is 0.635. The van der Waals surface area contributed by atoms with Crippen LogP contribution in [0.5, 0.6) is 0 Å². The van der Waals surface area contributed by atoms with Crippen LogP contribution in [0.2, 0.25) is 39.3 Å². The molecule has 0 spiro atoms. The van der Waals surface area contributed by atoms with Crippen LogP contribution in [0.15, 0.2) is 12.0 Å². The Labute approximate surface area is 116 Å². The van der Waals surface area contributed by atoms with Gasteiger partial charge >= 0.3 is 0 Å². The molecule has 0 unspecified atom stereocenters. The van der Waals surface area contributed by atoms with Crippen molar-refractivity contribution < 1.29 is 18.0 Å². The van der Waals surface area contributed by atoms with Crippen LogP contribution in [-0.2, 0) is 18.0 Å². The van der Waals surface area contributed by atoms with Gasteiger partial charge in [-0.05, 0) is 46.2 Å². The maximum absolute atomic E-state index is 6.06. The van der Waals surface area contributed by atoms with Gasteiger partial charge in [0.05, 0.1) is 7.11 Å². The second kappa shape index (κ2) is 7.49. The van der Waals surface area contributed by atoms with Crippen molar-refractivity contribution in [3.63, 3.8) is 0 Å². The van der Waals surface area contributed by atoms with E-state index in [1.807, 2.05) is 6.92 Å². The van der Waals surface area contributed by atoms with Crippen LogP contribution in [0, 0.1) is 0 Å². The zero-order chi connectivity index (χ0) is 14.4. The third kappa shape index (κ3) is 11.0. The molecule has 0 aromatic carbocycles. The molecule has 0 atom stereocenters. The van der Waals surface area contributed by atoms with Crippen LogP contribution in [-0.4, -0.2) is 39.4 Å². The van der Waals surface area contributed by atoms with E-state index in [0.717, 1.165) is 5.76 Å². The van der Waals surface area contributed by atoms with Gasteiger partial charge in [0.15, 0.2) is 22.5 Å². The summed E-state index contributed by atoms with van der Waals surface area (Å²) in [6.07, 6.45) is 1.60. The van der Waals surface area contributed by atoms with Crippen LogP contribution < -0.4 is 0 Å². The Morgan fingerprint density at radius 2 is 1.44 bits per heavy atom. The molecule has 18 heavy (non-hydrogen) atoms. The van der Waals surface area contributed by atoms with Crippen molar-refractivity contribution >= 4 is 26.4 Å². The molecule has 0 bridgehead atoms. The standard InChI is InChI=1S/C11H28O4Si3/c1-10(9-12-2)13-16-11(14-17(3,4)5)15-18(6,7)8/h9,11H,16H2,1-8H3. The Hall–Kier alpha value is -0.0894. The first-order valence-electron chi connectivity index (χ1n) is 6.21. The minimum Gasteiger partial charge on any atom is -0.545 e. The summed E-state index contributed by atoms with van der Waals surface area (Å²) in [5.41, 5.74) is 0. The first-order valence-corrected chi connectivity index (χ1v) is 14.4. The average molecular weight is 309 g/mol. The molecule has 0 amide bonds. The van der Waals surface area contributed by atoms with Crippen molar-refractivity contribution in [3.05, 3.63) is 12.0 Å². The van der Waals surface area contributed by atoms with Gasteiger partial charge in [0.2, 0.25) is 0 Å². The zero-order valence-electron chi connectivity index (χ0n) is 13.0. The number of ether oxygens (including phenoxy) is 1. The molecule has 0 fully saturated rings. The van der Waals surface area contributed by atoms with Crippen molar-refractivity contribution in [2.75, 3.05) is 7.11 Å². The molecule has 0 heterocycles. The van der Waals surface area contributed by atoms with Crippen molar-refractivity contribution in [1.82, 2.24) is 0 Å². The second-order valence-corrected chi connectivity index (χ2v) is 16.4. The van der Waals surface area contributed by atoms with E-state index >= 15 is 0 Å². The van der Waals surface area contributed by atoms with Gasteiger partial charge in [-0.3, -0.25) is 0 Å². The van der Waals surface area contributed by atoms with Gasteiger partial charge < -0.3 is 18.0 Å². The molecule has 0 saturated carbocycles. The van der Waals surface area contributed by atoms with Gasteiger partial charge in [-0.15, -0.1) is 0 Å². The smallest absolute Gasteiger partial charge is 0.276 e. The Bertz CT molecular complexity index is 252. The molecule has 0 aromatic rings. The first-order chi connectivity index (χ1) is 8.03. The number of rotatable bonds is 8. The lowest BCUT2D eigenvalue weighted by atomic mass is 10.7. The van der Waals surface area contributed by atoms with Crippen molar-refractivity contribution in [2.45, 2.75) is 52.1 Å². The first kappa shape index (κ1) is 17.9. The van der Waals surface area contributed by atoms with Crippen molar-refractivity contribution in [1.29, 1.82) is 0 Å². The summed E-state index contributed by atoms with van der Waals surface area (Å²) in [5, 5.41) is 0.